The van der Waals surface area contributed by atoms with Gasteiger partial charge in [-0.25, -0.2) is 4.79 Å². The highest BCUT2D eigenvalue weighted by atomic mass is 32.2. The molecule has 1 aliphatic rings. The van der Waals surface area contributed by atoms with Crippen LogP contribution in [0.15, 0.2) is 29.2 Å². The van der Waals surface area contributed by atoms with Gasteiger partial charge in [0, 0.05) is 36.2 Å². The second kappa shape index (κ2) is 8.44. The third-order valence-electron chi connectivity index (χ3n) is 4.10. The number of nitrogens with one attached hydrogen (secondary N) is 1. The number of rotatable bonds is 5. The Hall–Kier alpha value is -1.20. The van der Waals surface area contributed by atoms with Gasteiger partial charge in [0.15, 0.2) is 0 Å². The van der Waals surface area contributed by atoms with Gasteiger partial charge in [0.1, 0.15) is 0 Å². The summed E-state index contributed by atoms with van der Waals surface area (Å²) in [5.74, 6) is 1.07. The SMILES string of the molecule is Cc1ccc(SCCNC(=O)N2CCCC(C(C)O)C2)cc1. The molecule has 1 aromatic rings. The fourth-order valence-corrected chi connectivity index (χ4v) is 3.43. The van der Waals surface area contributed by atoms with E-state index in [4.69, 9.17) is 0 Å². The van der Waals surface area contributed by atoms with Crippen molar-refractivity contribution < 1.29 is 9.90 Å². The molecule has 22 heavy (non-hydrogen) atoms. The van der Waals surface area contributed by atoms with E-state index in [0.29, 0.717) is 13.1 Å². The lowest BCUT2D eigenvalue weighted by Gasteiger charge is -2.34. The lowest BCUT2D eigenvalue weighted by Crippen LogP contribution is -2.47. The number of nitrogens with zero attached hydrogens (tertiary/aromatic N) is 1. The summed E-state index contributed by atoms with van der Waals surface area (Å²) >= 11 is 1.75. The molecule has 0 aromatic heterocycles. The van der Waals surface area contributed by atoms with Crippen LogP contribution in [0.4, 0.5) is 4.79 Å². The van der Waals surface area contributed by atoms with E-state index in [1.807, 2.05) is 11.8 Å². The first kappa shape index (κ1) is 17.2. The van der Waals surface area contributed by atoms with Crippen LogP contribution in [0.25, 0.3) is 0 Å². The molecule has 1 fully saturated rings. The summed E-state index contributed by atoms with van der Waals surface area (Å²) in [4.78, 5) is 15.2. The molecule has 1 heterocycles. The third-order valence-corrected chi connectivity index (χ3v) is 5.11. The minimum Gasteiger partial charge on any atom is -0.393 e. The Morgan fingerprint density at radius 3 is 2.86 bits per heavy atom. The van der Waals surface area contributed by atoms with E-state index >= 15 is 0 Å². The van der Waals surface area contributed by atoms with E-state index in [2.05, 4.69) is 36.5 Å². The van der Waals surface area contributed by atoms with Crippen molar-refractivity contribution in [2.45, 2.75) is 37.7 Å². The number of piperidine rings is 1. The average molecular weight is 322 g/mol. The molecule has 1 aromatic carbocycles. The number of likely N-dealkylation sites (tertiary alicyclic amines) is 1. The van der Waals surface area contributed by atoms with Gasteiger partial charge in [0.05, 0.1) is 6.10 Å². The van der Waals surface area contributed by atoms with Crippen molar-refractivity contribution in [3.8, 4) is 0 Å². The lowest BCUT2D eigenvalue weighted by molar-refractivity contribution is 0.0740. The quantitative estimate of drug-likeness (QED) is 0.647. The molecule has 2 rings (SSSR count). The van der Waals surface area contributed by atoms with Gasteiger partial charge in [-0.05, 0) is 38.8 Å². The predicted molar refractivity (Wildman–Crippen MR) is 91.3 cm³/mol. The minimum atomic E-state index is -0.340. The predicted octanol–water partition coefficient (Wildman–Crippen LogP) is 2.89. The van der Waals surface area contributed by atoms with Crippen LogP contribution < -0.4 is 5.32 Å². The molecule has 0 spiro atoms. The van der Waals surface area contributed by atoms with Gasteiger partial charge in [0.2, 0.25) is 0 Å². The molecule has 0 aliphatic carbocycles. The van der Waals surface area contributed by atoms with Crippen molar-refractivity contribution in [1.29, 1.82) is 0 Å². The van der Waals surface area contributed by atoms with Crippen LogP contribution in [-0.2, 0) is 0 Å². The number of carbonyl (C=O) groups is 1. The highest BCUT2D eigenvalue weighted by molar-refractivity contribution is 7.99. The van der Waals surface area contributed by atoms with E-state index < -0.39 is 0 Å². The normalized spacial score (nSPS) is 19.8. The highest BCUT2D eigenvalue weighted by Crippen LogP contribution is 2.20. The second-order valence-electron chi connectivity index (χ2n) is 5.98. The minimum absolute atomic E-state index is 0.00476. The number of thioether (sulfide) groups is 1. The average Bonchev–Trinajstić information content (AvgIpc) is 2.53. The molecule has 0 saturated carbocycles. The Labute approximate surface area is 137 Å². The zero-order chi connectivity index (χ0) is 15.9. The van der Waals surface area contributed by atoms with Gasteiger partial charge >= 0.3 is 6.03 Å². The van der Waals surface area contributed by atoms with Gasteiger partial charge in [0.25, 0.3) is 0 Å². The third kappa shape index (κ3) is 5.21. The van der Waals surface area contributed by atoms with Gasteiger partial charge in [-0.3, -0.25) is 0 Å². The van der Waals surface area contributed by atoms with E-state index in [0.717, 1.165) is 25.1 Å². The Balaban J connectivity index is 1.68. The fraction of sp³-hybridized carbons (Fsp3) is 0.588. The molecule has 0 radical (unpaired) electrons. The van der Waals surface area contributed by atoms with Crippen LogP contribution >= 0.6 is 11.8 Å². The standard InChI is InChI=1S/C17H26N2O2S/c1-13-5-7-16(8-6-13)22-11-9-18-17(21)19-10-3-4-15(12-19)14(2)20/h5-8,14-15,20H,3-4,9-12H2,1-2H3,(H,18,21). The van der Waals surface area contributed by atoms with E-state index in [9.17, 15) is 9.90 Å². The molecule has 5 heteroatoms. The van der Waals surface area contributed by atoms with E-state index in [1.54, 1.807) is 11.8 Å². The van der Waals surface area contributed by atoms with Crippen LogP contribution in [0.2, 0.25) is 0 Å². The Morgan fingerprint density at radius 1 is 1.45 bits per heavy atom. The number of carbonyl (C=O) groups excluding carboxylic acids is 1. The molecule has 2 unspecified atom stereocenters. The van der Waals surface area contributed by atoms with E-state index in [-0.39, 0.29) is 18.1 Å². The smallest absolute Gasteiger partial charge is 0.317 e. The van der Waals surface area contributed by atoms with Crippen LogP contribution in [-0.4, -0.2) is 47.5 Å². The highest BCUT2D eigenvalue weighted by Gasteiger charge is 2.26. The van der Waals surface area contributed by atoms with Crippen molar-refractivity contribution in [1.82, 2.24) is 10.2 Å². The Kier molecular flexibility index (Phi) is 6.58. The first-order valence-corrected chi connectivity index (χ1v) is 8.95. The number of amides is 2. The summed E-state index contributed by atoms with van der Waals surface area (Å²) in [6.07, 6.45) is 1.64. The molecule has 1 aliphatic heterocycles. The molecule has 4 nitrogen and oxygen atoms in total. The van der Waals surface area contributed by atoms with Crippen molar-refractivity contribution in [3.05, 3.63) is 29.8 Å². The molecule has 122 valence electrons. The summed E-state index contributed by atoms with van der Waals surface area (Å²) in [7, 11) is 0. The summed E-state index contributed by atoms with van der Waals surface area (Å²) in [5, 5.41) is 12.7. The zero-order valence-electron chi connectivity index (χ0n) is 13.4. The number of aliphatic hydroxyl groups excluding tert-OH is 1. The van der Waals surface area contributed by atoms with Crippen LogP contribution in [0.1, 0.15) is 25.3 Å². The van der Waals surface area contributed by atoms with Crippen molar-refractivity contribution in [2.75, 3.05) is 25.4 Å². The van der Waals surface area contributed by atoms with Gasteiger partial charge < -0.3 is 15.3 Å². The first-order valence-electron chi connectivity index (χ1n) is 7.96. The molecular weight excluding hydrogens is 296 g/mol. The summed E-state index contributed by atoms with van der Waals surface area (Å²) in [6.45, 7) is 6.00. The maximum atomic E-state index is 12.1. The molecule has 2 N–H and O–H groups in total. The topological polar surface area (TPSA) is 52.6 Å². The largest absolute Gasteiger partial charge is 0.393 e. The molecular formula is C17H26N2O2S. The summed E-state index contributed by atoms with van der Waals surface area (Å²) in [6, 6.07) is 8.42. The fourth-order valence-electron chi connectivity index (χ4n) is 2.66. The maximum Gasteiger partial charge on any atom is 0.317 e. The summed E-state index contributed by atoms with van der Waals surface area (Å²) in [5.41, 5.74) is 1.26. The molecule has 1 saturated heterocycles. The van der Waals surface area contributed by atoms with E-state index in [1.165, 1.54) is 10.5 Å². The molecule has 0 bridgehead atoms. The second-order valence-corrected chi connectivity index (χ2v) is 7.15. The molecule has 2 amide bonds. The number of benzene rings is 1. The Bertz CT molecular complexity index is 476. The number of aryl methyl sites for hydroxylation is 1. The number of hydrogen-bond donors (Lipinski definition) is 2. The maximum absolute atomic E-state index is 12.1. The first-order chi connectivity index (χ1) is 10.6. The van der Waals surface area contributed by atoms with Crippen LogP contribution in [0, 0.1) is 12.8 Å². The van der Waals surface area contributed by atoms with Crippen molar-refractivity contribution in [2.24, 2.45) is 5.92 Å². The van der Waals surface area contributed by atoms with Gasteiger partial charge in [-0.1, -0.05) is 17.7 Å². The number of hydrogen-bond acceptors (Lipinski definition) is 3. The number of aliphatic hydroxyl groups is 1. The Morgan fingerprint density at radius 2 is 2.18 bits per heavy atom. The van der Waals surface area contributed by atoms with Crippen molar-refractivity contribution >= 4 is 17.8 Å². The van der Waals surface area contributed by atoms with Gasteiger partial charge in [-0.15, -0.1) is 11.8 Å². The van der Waals surface area contributed by atoms with Crippen LogP contribution in [0.3, 0.4) is 0 Å². The van der Waals surface area contributed by atoms with Crippen molar-refractivity contribution in [3.63, 3.8) is 0 Å². The lowest BCUT2D eigenvalue weighted by atomic mass is 9.94. The monoisotopic (exact) mass is 322 g/mol. The zero-order valence-corrected chi connectivity index (χ0v) is 14.2. The van der Waals surface area contributed by atoms with Crippen LogP contribution in [0.5, 0.6) is 0 Å². The van der Waals surface area contributed by atoms with Gasteiger partial charge in [-0.2, -0.15) is 0 Å². The molecule has 2 atom stereocenters. The number of urea groups is 1. The summed E-state index contributed by atoms with van der Waals surface area (Å²) < 4.78 is 0.